The van der Waals surface area contributed by atoms with Crippen LogP contribution in [-0.4, -0.2) is 0 Å². The van der Waals surface area contributed by atoms with E-state index >= 15 is 0 Å². The van der Waals surface area contributed by atoms with Gasteiger partial charge in [-0.25, -0.2) is 0 Å². The predicted octanol–water partition coefficient (Wildman–Crippen LogP) is 10.3. The van der Waals surface area contributed by atoms with Gasteiger partial charge in [0.1, 0.15) is 0 Å². The Bertz CT molecular complexity index is 785. The standard InChI is InChI=1S/C32H51N/c1-9-11-13-15-17-25-19-26(18-16-14-12-10-2)21-29(20-25)33-30-23-27(31(3,4)5)22-28(24-30)32(6,7)8/h19-24,33H,9-18H2,1-8H3. The van der Waals surface area contributed by atoms with Crippen molar-refractivity contribution in [2.75, 3.05) is 5.32 Å². The van der Waals surface area contributed by atoms with Crippen LogP contribution in [0, 0.1) is 0 Å². The van der Waals surface area contributed by atoms with Gasteiger partial charge in [0.2, 0.25) is 0 Å². The third-order valence-electron chi connectivity index (χ3n) is 6.64. The highest BCUT2D eigenvalue weighted by molar-refractivity contribution is 5.64. The van der Waals surface area contributed by atoms with Crippen LogP contribution < -0.4 is 5.32 Å². The molecule has 2 aromatic rings. The average Bonchev–Trinajstić information content (AvgIpc) is 2.73. The van der Waals surface area contributed by atoms with Gasteiger partial charge in [0.15, 0.2) is 0 Å². The Morgan fingerprint density at radius 2 is 0.939 bits per heavy atom. The summed E-state index contributed by atoms with van der Waals surface area (Å²) in [5, 5.41) is 3.81. The molecule has 1 nitrogen and oxygen atoms in total. The van der Waals surface area contributed by atoms with E-state index in [0.29, 0.717) is 0 Å². The summed E-state index contributed by atoms with van der Waals surface area (Å²) in [4.78, 5) is 0. The summed E-state index contributed by atoms with van der Waals surface area (Å²) in [6.45, 7) is 18.4. The van der Waals surface area contributed by atoms with E-state index in [1.165, 1.54) is 97.8 Å². The molecule has 0 spiro atoms. The van der Waals surface area contributed by atoms with Gasteiger partial charge in [-0.1, -0.05) is 106 Å². The maximum Gasteiger partial charge on any atom is 0.0390 e. The Kier molecular flexibility index (Phi) is 10.5. The lowest BCUT2D eigenvalue weighted by Crippen LogP contribution is -2.16. The fraction of sp³-hybridized carbons (Fsp3) is 0.625. The molecule has 0 bridgehead atoms. The summed E-state index contributed by atoms with van der Waals surface area (Å²) in [5.74, 6) is 0. The number of nitrogens with one attached hydrogen (secondary N) is 1. The summed E-state index contributed by atoms with van der Waals surface area (Å²) < 4.78 is 0. The lowest BCUT2D eigenvalue weighted by Gasteiger charge is -2.26. The molecule has 2 rings (SSSR count). The van der Waals surface area contributed by atoms with Gasteiger partial charge >= 0.3 is 0 Å². The van der Waals surface area contributed by atoms with Gasteiger partial charge in [-0.2, -0.15) is 0 Å². The van der Waals surface area contributed by atoms with E-state index < -0.39 is 0 Å². The van der Waals surface area contributed by atoms with Gasteiger partial charge in [0.25, 0.3) is 0 Å². The Morgan fingerprint density at radius 1 is 0.515 bits per heavy atom. The van der Waals surface area contributed by atoms with Crippen molar-refractivity contribution in [3.63, 3.8) is 0 Å². The first-order valence-electron chi connectivity index (χ1n) is 13.6. The third kappa shape index (κ3) is 9.55. The minimum absolute atomic E-state index is 0.128. The molecule has 0 saturated heterocycles. The van der Waals surface area contributed by atoms with Crippen LogP contribution >= 0.6 is 0 Å². The molecular weight excluding hydrogens is 398 g/mol. The predicted molar refractivity (Wildman–Crippen MR) is 149 cm³/mol. The van der Waals surface area contributed by atoms with Crippen LogP contribution in [0.15, 0.2) is 36.4 Å². The van der Waals surface area contributed by atoms with Crippen LogP contribution in [0.4, 0.5) is 11.4 Å². The SMILES string of the molecule is CCCCCCc1cc(CCCCCC)cc(Nc2cc(C(C)(C)C)cc(C(C)(C)C)c2)c1. The van der Waals surface area contributed by atoms with Crippen molar-refractivity contribution in [2.24, 2.45) is 0 Å². The molecule has 0 radical (unpaired) electrons. The first-order chi connectivity index (χ1) is 15.5. The monoisotopic (exact) mass is 449 g/mol. The quantitative estimate of drug-likeness (QED) is 0.318. The van der Waals surface area contributed by atoms with Gasteiger partial charge < -0.3 is 5.32 Å². The van der Waals surface area contributed by atoms with E-state index in [4.69, 9.17) is 0 Å². The van der Waals surface area contributed by atoms with Crippen molar-refractivity contribution in [1.29, 1.82) is 0 Å². The average molecular weight is 450 g/mol. The number of hydrogen-bond donors (Lipinski definition) is 1. The first-order valence-corrected chi connectivity index (χ1v) is 13.6. The maximum absolute atomic E-state index is 3.81. The molecule has 33 heavy (non-hydrogen) atoms. The molecule has 1 N–H and O–H groups in total. The normalized spacial score (nSPS) is 12.2. The Hall–Kier alpha value is -1.76. The Labute approximate surface area is 205 Å². The van der Waals surface area contributed by atoms with Crippen LogP contribution in [-0.2, 0) is 23.7 Å². The largest absolute Gasteiger partial charge is 0.355 e. The van der Waals surface area contributed by atoms with Crippen LogP contribution in [0.3, 0.4) is 0 Å². The molecule has 2 aromatic carbocycles. The number of rotatable bonds is 12. The molecule has 0 amide bonds. The first kappa shape index (κ1) is 27.5. The zero-order valence-corrected chi connectivity index (χ0v) is 23.0. The molecule has 0 atom stereocenters. The fourth-order valence-electron chi connectivity index (χ4n) is 4.37. The van der Waals surface area contributed by atoms with Gasteiger partial charge in [-0.3, -0.25) is 0 Å². The van der Waals surface area contributed by atoms with Crippen molar-refractivity contribution in [3.05, 3.63) is 58.7 Å². The van der Waals surface area contributed by atoms with E-state index in [-0.39, 0.29) is 10.8 Å². The van der Waals surface area contributed by atoms with Crippen molar-refractivity contribution in [3.8, 4) is 0 Å². The van der Waals surface area contributed by atoms with Crippen molar-refractivity contribution >= 4 is 11.4 Å². The zero-order valence-electron chi connectivity index (χ0n) is 23.0. The molecule has 0 aliphatic heterocycles. The Morgan fingerprint density at radius 3 is 1.33 bits per heavy atom. The lowest BCUT2D eigenvalue weighted by molar-refractivity contribution is 0.569. The van der Waals surface area contributed by atoms with Gasteiger partial charge in [-0.05, 0) is 83.0 Å². The Balaban J connectivity index is 2.33. The van der Waals surface area contributed by atoms with Crippen molar-refractivity contribution in [1.82, 2.24) is 0 Å². The number of unbranched alkanes of at least 4 members (excludes halogenated alkanes) is 6. The number of hydrogen-bond acceptors (Lipinski definition) is 1. The fourth-order valence-corrected chi connectivity index (χ4v) is 4.37. The van der Waals surface area contributed by atoms with E-state index in [9.17, 15) is 0 Å². The van der Waals surface area contributed by atoms with E-state index in [2.05, 4.69) is 97.1 Å². The number of benzene rings is 2. The summed E-state index contributed by atoms with van der Waals surface area (Å²) in [7, 11) is 0. The zero-order chi connectivity index (χ0) is 24.5. The molecule has 0 saturated carbocycles. The van der Waals surface area contributed by atoms with Gasteiger partial charge in [0.05, 0.1) is 0 Å². The minimum atomic E-state index is 0.128. The van der Waals surface area contributed by atoms with Crippen molar-refractivity contribution in [2.45, 2.75) is 130 Å². The van der Waals surface area contributed by atoms with Gasteiger partial charge in [-0.15, -0.1) is 0 Å². The van der Waals surface area contributed by atoms with E-state index in [1.54, 1.807) is 0 Å². The van der Waals surface area contributed by atoms with E-state index in [0.717, 1.165) is 0 Å². The van der Waals surface area contributed by atoms with Gasteiger partial charge in [0, 0.05) is 11.4 Å². The second-order valence-electron chi connectivity index (χ2n) is 12.1. The van der Waals surface area contributed by atoms with Crippen LogP contribution in [0.25, 0.3) is 0 Å². The summed E-state index contributed by atoms with van der Waals surface area (Å²) in [5.41, 5.74) is 8.49. The molecule has 1 heteroatoms. The van der Waals surface area contributed by atoms with Crippen LogP contribution in [0.5, 0.6) is 0 Å². The number of aryl methyl sites for hydroxylation is 2. The highest BCUT2D eigenvalue weighted by Gasteiger charge is 2.20. The van der Waals surface area contributed by atoms with Crippen LogP contribution in [0.2, 0.25) is 0 Å². The topological polar surface area (TPSA) is 12.0 Å². The maximum atomic E-state index is 3.81. The molecule has 0 fully saturated rings. The minimum Gasteiger partial charge on any atom is -0.355 e. The molecule has 0 heterocycles. The third-order valence-corrected chi connectivity index (χ3v) is 6.64. The lowest BCUT2D eigenvalue weighted by atomic mass is 9.80. The number of anilines is 2. The summed E-state index contributed by atoms with van der Waals surface area (Å²) in [6, 6.07) is 14.3. The summed E-state index contributed by atoms with van der Waals surface area (Å²) in [6.07, 6.45) is 12.9. The highest BCUT2D eigenvalue weighted by Crippen LogP contribution is 2.33. The molecule has 0 aromatic heterocycles. The second kappa shape index (κ2) is 12.6. The molecule has 0 unspecified atom stereocenters. The van der Waals surface area contributed by atoms with Crippen molar-refractivity contribution < 1.29 is 0 Å². The van der Waals surface area contributed by atoms with E-state index in [1.807, 2.05) is 0 Å². The molecular formula is C32H51N. The summed E-state index contributed by atoms with van der Waals surface area (Å²) >= 11 is 0. The van der Waals surface area contributed by atoms with Crippen LogP contribution in [0.1, 0.15) is 129 Å². The molecule has 0 aliphatic carbocycles. The molecule has 0 aliphatic rings. The second-order valence-corrected chi connectivity index (χ2v) is 12.1. The smallest absolute Gasteiger partial charge is 0.0390 e. The molecule has 184 valence electrons. The highest BCUT2D eigenvalue weighted by atomic mass is 14.9.